The molecule has 1 fully saturated rings. The van der Waals surface area contributed by atoms with Crippen molar-refractivity contribution >= 4 is 34.0 Å². The molecular formula is C19H24ClN3O3S. The number of amides is 1. The van der Waals surface area contributed by atoms with E-state index >= 15 is 0 Å². The maximum absolute atomic E-state index is 12.5. The van der Waals surface area contributed by atoms with Crippen LogP contribution in [0.5, 0.6) is 0 Å². The van der Waals surface area contributed by atoms with Crippen molar-refractivity contribution in [1.82, 2.24) is 10.6 Å². The summed E-state index contributed by atoms with van der Waals surface area (Å²) in [5.74, 6) is 0.337. The predicted molar refractivity (Wildman–Crippen MR) is 109 cm³/mol. The van der Waals surface area contributed by atoms with Crippen molar-refractivity contribution in [3.05, 3.63) is 59.2 Å². The summed E-state index contributed by atoms with van der Waals surface area (Å²) < 4.78 is 27.6. The number of carbonyl (C=O) groups is 1. The zero-order valence-electron chi connectivity index (χ0n) is 15.3. The molecule has 146 valence electrons. The molecule has 0 atom stereocenters. The van der Waals surface area contributed by atoms with Crippen molar-refractivity contribution in [2.75, 3.05) is 24.4 Å². The van der Waals surface area contributed by atoms with Crippen molar-refractivity contribution < 1.29 is 13.2 Å². The highest BCUT2D eigenvalue weighted by Gasteiger charge is 2.18. The number of hydrogen-bond acceptors (Lipinski definition) is 4. The van der Waals surface area contributed by atoms with Gasteiger partial charge < -0.3 is 10.6 Å². The van der Waals surface area contributed by atoms with Crippen LogP contribution in [0.3, 0.4) is 0 Å². The standard InChI is InChI=1S/C19H23N3O3S.ClH/c1-13-3-8-18(9-14(13)2)26(24,25)22-17-6-4-16(5-7-17)19(23)21-12-15-10-20-11-15;/h3-9,15,20,22H,10-12H2,1-2H3,(H,21,23);1H. The van der Waals surface area contributed by atoms with E-state index in [1.165, 1.54) is 0 Å². The minimum Gasteiger partial charge on any atom is -0.352 e. The third kappa shape index (κ3) is 5.22. The Bertz CT molecular complexity index is 910. The monoisotopic (exact) mass is 409 g/mol. The van der Waals surface area contributed by atoms with Crippen LogP contribution in [-0.4, -0.2) is 34.0 Å². The average Bonchev–Trinajstić information content (AvgIpc) is 2.56. The molecule has 1 heterocycles. The number of benzene rings is 2. The number of carbonyl (C=O) groups excluding carboxylic acids is 1. The zero-order chi connectivity index (χ0) is 18.7. The average molecular weight is 410 g/mol. The minimum atomic E-state index is -3.66. The molecule has 1 aliphatic rings. The third-order valence-electron chi connectivity index (χ3n) is 4.61. The Labute approximate surface area is 166 Å². The highest BCUT2D eigenvalue weighted by atomic mass is 35.5. The van der Waals surface area contributed by atoms with E-state index < -0.39 is 10.0 Å². The van der Waals surface area contributed by atoms with Gasteiger partial charge in [0.2, 0.25) is 0 Å². The molecule has 3 N–H and O–H groups in total. The molecule has 8 heteroatoms. The van der Waals surface area contributed by atoms with Crippen LogP contribution in [0, 0.1) is 19.8 Å². The summed E-state index contributed by atoms with van der Waals surface area (Å²) in [6, 6.07) is 11.4. The normalized spacial score (nSPS) is 14.0. The van der Waals surface area contributed by atoms with Crippen LogP contribution in [0.25, 0.3) is 0 Å². The van der Waals surface area contributed by atoms with Gasteiger partial charge in [-0.15, -0.1) is 12.4 Å². The van der Waals surface area contributed by atoms with E-state index in [0.717, 1.165) is 24.2 Å². The van der Waals surface area contributed by atoms with Crippen LogP contribution in [0.4, 0.5) is 5.69 Å². The summed E-state index contributed by atoms with van der Waals surface area (Å²) in [5.41, 5.74) is 2.88. The Balaban J connectivity index is 0.00000261. The van der Waals surface area contributed by atoms with Gasteiger partial charge in [0, 0.05) is 36.8 Å². The highest BCUT2D eigenvalue weighted by Crippen LogP contribution is 2.19. The van der Waals surface area contributed by atoms with E-state index in [0.29, 0.717) is 23.7 Å². The van der Waals surface area contributed by atoms with Crippen molar-refractivity contribution in [3.63, 3.8) is 0 Å². The summed E-state index contributed by atoms with van der Waals surface area (Å²) in [6.07, 6.45) is 0. The van der Waals surface area contributed by atoms with Gasteiger partial charge in [-0.1, -0.05) is 6.07 Å². The smallest absolute Gasteiger partial charge is 0.261 e. The topological polar surface area (TPSA) is 87.3 Å². The van der Waals surface area contributed by atoms with Gasteiger partial charge in [-0.05, 0) is 61.4 Å². The van der Waals surface area contributed by atoms with Gasteiger partial charge in [0.1, 0.15) is 0 Å². The van der Waals surface area contributed by atoms with E-state index in [4.69, 9.17) is 0 Å². The number of nitrogens with one attached hydrogen (secondary N) is 3. The zero-order valence-corrected chi connectivity index (χ0v) is 16.9. The Kier molecular flexibility index (Phi) is 6.86. The lowest BCUT2D eigenvalue weighted by molar-refractivity contribution is 0.0942. The van der Waals surface area contributed by atoms with E-state index in [1.807, 2.05) is 13.8 Å². The number of sulfonamides is 1. The maximum Gasteiger partial charge on any atom is 0.261 e. The lowest BCUT2D eigenvalue weighted by atomic mass is 10.0. The van der Waals surface area contributed by atoms with E-state index in [1.54, 1.807) is 42.5 Å². The molecule has 1 aliphatic heterocycles. The van der Waals surface area contributed by atoms with Gasteiger partial charge in [-0.3, -0.25) is 9.52 Å². The number of anilines is 1. The van der Waals surface area contributed by atoms with Gasteiger partial charge in [0.25, 0.3) is 15.9 Å². The van der Waals surface area contributed by atoms with Gasteiger partial charge in [0.15, 0.2) is 0 Å². The van der Waals surface area contributed by atoms with E-state index in [-0.39, 0.29) is 23.2 Å². The molecule has 1 saturated heterocycles. The summed E-state index contributed by atoms with van der Waals surface area (Å²) in [4.78, 5) is 12.3. The second-order valence-electron chi connectivity index (χ2n) is 6.66. The number of aryl methyl sites for hydroxylation is 2. The fourth-order valence-electron chi connectivity index (χ4n) is 2.62. The van der Waals surface area contributed by atoms with Crippen LogP contribution < -0.4 is 15.4 Å². The maximum atomic E-state index is 12.5. The van der Waals surface area contributed by atoms with Gasteiger partial charge in [-0.25, -0.2) is 8.42 Å². The molecule has 6 nitrogen and oxygen atoms in total. The van der Waals surface area contributed by atoms with Crippen LogP contribution >= 0.6 is 12.4 Å². The molecule has 0 saturated carbocycles. The Morgan fingerprint density at radius 1 is 1.07 bits per heavy atom. The molecule has 0 aromatic heterocycles. The van der Waals surface area contributed by atoms with E-state index in [2.05, 4.69) is 15.4 Å². The predicted octanol–water partition coefficient (Wildman–Crippen LogP) is 2.48. The van der Waals surface area contributed by atoms with Gasteiger partial charge in [0.05, 0.1) is 4.90 Å². The fourth-order valence-corrected chi connectivity index (χ4v) is 3.76. The van der Waals surface area contributed by atoms with Crippen molar-refractivity contribution in [2.45, 2.75) is 18.7 Å². The first-order chi connectivity index (χ1) is 12.3. The van der Waals surface area contributed by atoms with Crippen LogP contribution in [0.1, 0.15) is 21.5 Å². The van der Waals surface area contributed by atoms with Crippen molar-refractivity contribution in [1.29, 1.82) is 0 Å². The first-order valence-electron chi connectivity index (χ1n) is 8.54. The number of rotatable bonds is 6. The second kappa shape index (κ2) is 8.73. The van der Waals surface area contributed by atoms with E-state index in [9.17, 15) is 13.2 Å². The first-order valence-corrected chi connectivity index (χ1v) is 10.0. The van der Waals surface area contributed by atoms with Crippen LogP contribution in [-0.2, 0) is 10.0 Å². The SMILES string of the molecule is Cc1ccc(S(=O)(=O)Nc2ccc(C(=O)NCC3CNC3)cc2)cc1C.Cl. The Hall–Kier alpha value is -2.09. The quantitative estimate of drug-likeness (QED) is 0.684. The molecule has 0 radical (unpaired) electrons. The molecule has 0 aliphatic carbocycles. The lowest BCUT2D eigenvalue weighted by Crippen LogP contribution is -2.48. The number of hydrogen-bond donors (Lipinski definition) is 3. The van der Waals surface area contributed by atoms with Crippen LogP contribution in [0.15, 0.2) is 47.4 Å². The second-order valence-corrected chi connectivity index (χ2v) is 8.35. The Morgan fingerprint density at radius 2 is 1.74 bits per heavy atom. The molecular weight excluding hydrogens is 386 g/mol. The molecule has 3 rings (SSSR count). The lowest BCUT2D eigenvalue weighted by Gasteiger charge is -2.27. The van der Waals surface area contributed by atoms with Crippen LogP contribution in [0.2, 0.25) is 0 Å². The molecule has 0 bridgehead atoms. The molecule has 2 aromatic carbocycles. The summed E-state index contributed by atoms with van der Waals surface area (Å²) in [7, 11) is -3.66. The summed E-state index contributed by atoms with van der Waals surface area (Å²) >= 11 is 0. The molecule has 0 unspecified atom stereocenters. The highest BCUT2D eigenvalue weighted by molar-refractivity contribution is 7.92. The summed E-state index contributed by atoms with van der Waals surface area (Å²) in [5, 5.41) is 6.05. The molecule has 1 amide bonds. The van der Waals surface area contributed by atoms with Gasteiger partial charge >= 0.3 is 0 Å². The van der Waals surface area contributed by atoms with Crippen molar-refractivity contribution in [2.24, 2.45) is 5.92 Å². The third-order valence-corrected chi connectivity index (χ3v) is 5.98. The van der Waals surface area contributed by atoms with Crippen molar-refractivity contribution in [3.8, 4) is 0 Å². The van der Waals surface area contributed by atoms with Gasteiger partial charge in [-0.2, -0.15) is 0 Å². The largest absolute Gasteiger partial charge is 0.352 e. The minimum absolute atomic E-state index is 0. The molecule has 0 spiro atoms. The fraction of sp³-hybridized carbons (Fsp3) is 0.316. The Morgan fingerprint density at radius 3 is 2.30 bits per heavy atom. The number of halogens is 1. The first kappa shape index (κ1) is 21.2. The molecule has 2 aromatic rings. The summed E-state index contributed by atoms with van der Waals surface area (Å²) in [6.45, 7) is 6.32. The molecule has 27 heavy (non-hydrogen) atoms.